The van der Waals surface area contributed by atoms with Crippen molar-refractivity contribution in [3.05, 3.63) is 35.7 Å². The maximum atomic E-state index is 11.9. The Labute approximate surface area is 132 Å². The number of nitrogens with one attached hydrogen (secondary N) is 1. The third-order valence-corrected chi connectivity index (χ3v) is 3.41. The lowest BCUT2D eigenvalue weighted by Gasteiger charge is -2.16. The van der Waals surface area contributed by atoms with E-state index in [0.717, 1.165) is 16.3 Å². The smallest absolute Gasteiger partial charge is 0.275 e. The number of nitrogens with zero attached hydrogens (tertiary/aromatic N) is 4. The van der Waals surface area contributed by atoms with Crippen LogP contribution in [0.15, 0.2) is 28.5 Å². The molecule has 1 aliphatic rings. The number of oxazole rings is 1. The van der Waals surface area contributed by atoms with Crippen molar-refractivity contribution in [2.75, 3.05) is 5.43 Å². The van der Waals surface area contributed by atoms with Crippen LogP contribution in [0.2, 0.25) is 0 Å². The molecule has 118 valence electrons. The third-order valence-electron chi connectivity index (χ3n) is 3.41. The van der Waals surface area contributed by atoms with E-state index in [2.05, 4.69) is 20.4 Å². The lowest BCUT2D eigenvalue weighted by molar-refractivity contribution is -0.135. The average molecular weight is 313 g/mol. The van der Waals surface area contributed by atoms with Crippen LogP contribution in [-0.4, -0.2) is 31.8 Å². The number of amides is 2. The first-order valence-electron chi connectivity index (χ1n) is 7.11. The van der Waals surface area contributed by atoms with Crippen molar-refractivity contribution in [1.82, 2.24) is 20.0 Å². The number of anilines is 1. The largest absolute Gasteiger partial charge is 0.449 e. The van der Waals surface area contributed by atoms with Gasteiger partial charge in [0.25, 0.3) is 11.8 Å². The molecule has 1 aliphatic heterocycles. The molecule has 0 bridgehead atoms. The summed E-state index contributed by atoms with van der Waals surface area (Å²) in [7, 11) is 0. The Bertz CT molecular complexity index is 824. The van der Waals surface area contributed by atoms with Crippen LogP contribution in [-0.2, 0) is 16.0 Å². The molecule has 0 aromatic carbocycles. The van der Waals surface area contributed by atoms with Crippen LogP contribution in [0.25, 0.3) is 11.3 Å². The fourth-order valence-corrected chi connectivity index (χ4v) is 2.24. The van der Waals surface area contributed by atoms with E-state index in [0.29, 0.717) is 23.6 Å². The molecule has 0 saturated carbocycles. The minimum atomic E-state index is -0.439. The highest BCUT2D eigenvalue weighted by molar-refractivity contribution is 6.16. The van der Waals surface area contributed by atoms with Gasteiger partial charge in [-0.25, -0.2) is 15.0 Å². The summed E-state index contributed by atoms with van der Waals surface area (Å²) in [6.45, 7) is 5.28. The molecule has 8 heteroatoms. The standard InChI is InChI=1S/C15H15N5O3/c1-4-11-10(12-7-23-9(3)17-12)6-16-15(18-11)19-20-13(21)5-8(2)14(20)22/h5-7H,4H2,1-3H3,(H,16,18,19). The summed E-state index contributed by atoms with van der Waals surface area (Å²) in [6.07, 6.45) is 5.04. The summed E-state index contributed by atoms with van der Waals surface area (Å²) >= 11 is 0. The van der Waals surface area contributed by atoms with Gasteiger partial charge < -0.3 is 4.42 Å². The van der Waals surface area contributed by atoms with E-state index < -0.39 is 11.8 Å². The molecule has 0 unspecified atom stereocenters. The highest BCUT2D eigenvalue weighted by atomic mass is 16.3. The third kappa shape index (κ3) is 2.70. The Morgan fingerprint density at radius 3 is 2.61 bits per heavy atom. The predicted molar refractivity (Wildman–Crippen MR) is 80.9 cm³/mol. The summed E-state index contributed by atoms with van der Waals surface area (Å²) in [5, 5.41) is 0.893. The van der Waals surface area contributed by atoms with Crippen molar-refractivity contribution in [3.63, 3.8) is 0 Å². The van der Waals surface area contributed by atoms with Crippen LogP contribution in [0.4, 0.5) is 5.95 Å². The number of hydrazine groups is 1. The molecule has 2 amide bonds. The van der Waals surface area contributed by atoms with Crippen molar-refractivity contribution in [2.45, 2.75) is 27.2 Å². The number of carbonyl (C=O) groups excluding carboxylic acids is 2. The van der Waals surface area contributed by atoms with Crippen LogP contribution in [0.3, 0.4) is 0 Å². The lowest BCUT2D eigenvalue weighted by Crippen LogP contribution is -2.37. The molecule has 2 aromatic rings. The molecule has 3 heterocycles. The highest BCUT2D eigenvalue weighted by Gasteiger charge is 2.29. The number of carbonyl (C=O) groups is 2. The average Bonchev–Trinajstić information content (AvgIpc) is 3.06. The molecule has 2 aromatic heterocycles. The molecule has 23 heavy (non-hydrogen) atoms. The van der Waals surface area contributed by atoms with E-state index in [9.17, 15) is 9.59 Å². The minimum Gasteiger partial charge on any atom is -0.449 e. The van der Waals surface area contributed by atoms with E-state index in [1.165, 1.54) is 6.08 Å². The Kier molecular flexibility index (Phi) is 3.65. The van der Waals surface area contributed by atoms with Gasteiger partial charge in [-0.3, -0.25) is 15.0 Å². The summed E-state index contributed by atoms with van der Waals surface area (Å²) < 4.78 is 5.21. The van der Waals surface area contributed by atoms with Gasteiger partial charge >= 0.3 is 0 Å². The van der Waals surface area contributed by atoms with Crippen molar-refractivity contribution >= 4 is 17.8 Å². The van der Waals surface area contributed by atoms with Gasteiger partial charge in [0.15, 0.2) is 5.89 Å². The molecule has 0 spiro atoms. The van der Waals surface area contributed by atoms with Crippen LogP contribution in [0.1, 0.15) is 25.4 Å². The zero-order valence-electron chi connectivity index (χ0n) is 13.0. The number of aromatic nitrogens is 3. The lowest BCUT2D eigenvalue weighted by atomic mass is 10.1. The van der Waals surface area contributed by atoms with E-state index in [1.807, 2.05) is 6.92 Å². The second-order valence-electron chi connectivity index (χ2n) is 5.08. The fraction of sp³-hybridized carbons (Fsp3) is 0.267. The molecular weight excluding hydrogens is 298 g/mol. The van der Waals surface area contributed by atoms with Crippen molar-refractivity contribution in [2.24, 2.45) is 0 Å². The molecule has 1 N–H and O–H groups in total. The summed E-state index contributed by atoms with van der Waals surface area (Å²) in [4.78, 5) is 36.4. The van der Waals surface area contributed by atoms with E-state index >= 15 is 0 Å². The molecule has 0 aliphatic carbocycles. The fourth-order valence-electron chi connectivity index (χ4n) is 2.24. The van der Waals surface area contributed by atoms with Gasteiger partial charge in [-0.1, -0.05) is 6.92 Å². The molecule has 0 fully saturated rings. The van der Waals surface area contributed by atoms with E-state index in [-0.39, 0.29) is 5.95 Å². The number of hydrogen-bond acceptors (Lipinski definition) is 7. The molecule has 3 rings (SSSR count). The SMILES string of the molecule is CCc1nc(NN2C(=O)C=C(C)C2=O)ncc1-c1coc(C)n1. The number of rotatable bonds is 4. The number of imide groups is 1. The topological polar surface area (TPSA) is 101 Å². The quantitative estimate of drug-likeness (QED) is 0.856. The Hall–Kier alpha value is -3.03. The maximum absolute atomic E-state index is 11.9. The van der Waals surface area contributed by atoms with Gasteiger partial charge in [0.1, 0.15) is 12.0 Å². The second-order valence-corrected chi connectivity index (χ2v) is 5.08. The summed E-state index contributed by atoms with van der Waals surface area (Å²) in [5.41, 5.74) is 5.15. The predicted octanol–water partition coefficient (Wildman–Crippen LogP) is 1.64. The van der Waals surface area contributed by atoms with Crippen LogP contribution in [0.5, 0.6) is 0 Å². The Morgan fingerprint density at radius 1 is 1.26 bits per heavy atom. The molecule has 0 saturated heterocycles. The van der Waals surface area contributed by atoms with Gasteiger partial charge in [0.2, 0.25) is 5.95 Å². The zero-order valence-corrected chi connectivity index (χ0v) is 13.0. The molecule has 0 radical (unpaired) electrons. The Balaban J connectivity index is 1.88. The summed E-state index contributed by atoms with van der Waals surface area (Å²) in [6, 6.07) is 0. The first kappa shape index (κ1) is 14.9. The van der Waals surface area contributed by atoms with Gasteiger partial charge in [-0.05, 0) is 13.3 Å². The first-order valence-corrected chi connectivity index (χ1v) is 7.11. The van der Waals surface area contributed by atoms with Crippen molar-refractivity contribution in [1.29, 1.82) is 0 Å². The number of hydrogen-bond donors (Lipinski definition) is 1. The van der Waals surface area contributed by atoms with E-state index in [1.54, 1.807) is 26.3 Å². The van der Waals surface area contributed by atoms with Gasteiger partial charge in [0, 0.05) is 30.3 Å². The molecule has 0 atom stereocenters. The zero-order chi connectivity index (χ0) is 16.6. The van der Waals surface area contributed by atoms with Crippen LogP contribution in [0, 0.1) is 6.92 Å². The second kappa shape index (κ2) is 5.64. The highest BCUT2D eigenvalue weighted by Crippen LogP contribution is 2.23. The van der Waals surface area contributed by atoms with E-state index in [4.69, 9.17) is 4.42 Å². The maximum Gasteiger partial charge on any atom is 0.275 e. The molecule has 8 nitrogen and oxygen atoms in total. The monoisotopic (exact) mass is 313 g/mol. The molecular formula is C15H15N5O3. The van der Waals surface area contributed by atoms with Gasteiger partial charge in [0.05, 0.1) is 5.69 Å². The van der Waals surface area contributed by atoms with Gasteiger partial charge in [-0.15, -0.1) is 0 Å². The van der Waals surface area contributed by atoms with Crippen LogP contribution < -0.4 is 5.43 Å². The van der Waals surface area contributed by atoms with Crippen molar-refractivity contribution < 1.29 is 14.0 Å². The first-order chi connectivity index (χ1) is 11.0. The van der Waals surface area contributed by atoms with Crippen molar-refractivity contribution in [3.8, 4) is 11.3 Å². The van der Waals surface area contributed by atoms with Crippen LogP contribution >= 0.6 is 0 Å². The van der Waals surface area contributed by atoms with Gasteiger partial charge in [-0.2, -0.15) is 5.01 Å². The number of aryl methyl sites for hydroxylation is 2. The Morgan fingerprint density at radius 2 is 2.04 bits per heavy atom. The minimum absolute atomic E-state index is 0.176. The normalized spacial score (nSPS) is 14.4. The summed E-state index contributed by atoms with van der Waals surface area (Å²) in [5.74, 6) is -0.118.